The number of halogens is 2. The molecule has 1 saturated heterocycles. The Labute approximate surface area is 190 Å². The van der Waals surface area contributed by atoms with E-state index in [2.05, 4.69) is 0 Å². The van der Waals surface area contributed by atoms with Gasteiger partial charge < -0.3 is 9.64 Å². The lowest BCUT2D eigenvalue weighted by atomic mass is 9.97. The number of benzene rings is 3. The lowest BCUT2D eigenvalue weighted by molar-refractivity contribution is -0.117. The molecule has 0 spiro atoms. The van der Waals surface area contributed by atoms with Crippen molar-refractivity contribution in [1.29, 1.82) is 0 Å². The van der Waals surface area contributed by atoms with E-state index in [9.17, 15) is 17.6 Å². The molecular formula is C23H20ClFN2O4S. The Bertz CT molecular complexity index is 1300. The summed E-state index contributed by atoms with van der Waals surface area (Å²) in [6.45, 7) is 2.18. The van der Waals surface area contributed by atoms with Crippen LogP contribution in [0.2, 0.25) is 5.02 Å². The Morgan fingerprint density at radius 1 is 1.06 bits per heavy atom. The van der Waals surface area contributed by atoms with Gasteiger partial charge >= 0.3 is 0 Å². The third-order valence-corrected chi connectivity index (χ3v) is 6.55. The van der Waals surface area contributed by atoms with Gasteiger partial charge in [-0.25, -0.2) is 17.9 Å². The minimum Gasteiger partial charge on any atom is -0.457 e. The van der Waals surface area contributed by atoms with E-state index in [1.165, 1.54) is 24.3 Å². The SMILES string of the molecule is Cc1ccc(F)cc1Oc1cc(Cl)ccc1[C@H]1CC(=O)N(c2ccc(S(N)(=O)=O)cc2)C1. The summed E-state index contributed by atoms with van der Waals surface area (Å²) in [5.41, 5.74) is 2.11. The lowest BCUT2D eigenvalue weighted by Crippen LogP contribution is -2.24. The normalized spacial score (nSPS) is 16.4. The molecule has 3 aromatic carbocycles. The molecule has 3 aromatic rings. The average molecular weight is 475 g/mol. The van der Waals surface area contributed by atoms with Crippen molar-refractivity contribution in [2.24, 2.45) is 5.14 Å². The summed E-state index contributed by atoms with van der Waals surface area (Å²) >= 11 is 6.17. The molecule has 0 aliphatic carbocycles. The number of rotatable bonds is 5. The van der Waals surface area contributed by atoms with Crippen LogP contribution in [0.3, 0.4) is 0 Å². The molecule has 6 nitrogen and oxygen atoms in total. The summed E-state index contributed by atoms with van der Waals surface area (Å²) < 4.78 is 42.7. The van der Waals surface area contributed by atoms with Crippen LogP contribution in [0.5, 0.6) is 11.5 Å². The zero-order valence-corrected chi connectivity index (χ0v) is 18.7. The van der Waals surface area contributed by atoms with Gasteiger partial charge in [-0.2, -0.15) is 0 Å². The molecule has 166 valence electrons. The summed E-state index contributed by atoms with van der Waals surface area (Å²) in [7, 11) is -3.82. The van der Waals surface area contributed by atoms with Gasteiger partial charge in [-0.15, -0.1) is 0 Å². The number of nitrogens with zero attached hydrogens (tertiary/aromatic N) is 1. The first-order valence-corrected chi connectivity index (χ1v) is 11.7. The summed E-state index contributed by atoms with van der Waals surface area (Å²) in [4.78, 5) is 14.3. The number of carbonyl (C=O) groups excluding carboxylic acids is 1. The highest BCUT2D eigenvalue weighted by Crippen LogP contribution is 2.40. The van der Waals surface area contributed by atoms with E-state index in [0.717, 1.165) is 11.1 Å². The molecule has 0 bridgehead atoms. The number of ether oxygens (including phenoxy) is 1. The molecule has 2 N–H and O–H groups in total. The largest absolute Gasteiger partial charge is 0.457 e. The predicted molar refractivity (Wildman–Crippen MR) is 120 cm³/mol. The monoisotopic (exact) mass is 474 g/mol. The van der Waals surface area contributed by atoms with Crippen LogP contribution in [0.15, 0.2) is 65.6 Å². The topological polar surface area (TPSA) is 89.7 Å². The van der Waals surface area contributed by atoms with E-state index in [1.54, 1.807) is 41.3 Å². The molecule has 4 rings (SSSR count). The second-order valence-corrected chi connectivity index (χ2v) is 9.64. The highest BCUT2D eigenvalue weighted by molar-refractivity contribution is 7.89. The van der Waals surface area contributed by atoms with Gasteiger partial charge in [0.2, 0.25) is 15.9 Å². The van der Waals surface area contributed by atoms with E-state index >= 15 is 0 Å². The second kappa shape index (κ2) is 8.54. The van der Waals surface area contributed by atoms with Crippen LogP contribution < -0.4 is 14.8 Å². The van der Waals surface area contributed by atoms with Crippen molar-refractivity contribution in [2.75, 3.05) is 11.4 Å². The third kappa shape index (κ3) is 4.62. The number of amides is 1. The van der Waals surface area contributed by atoms with Crippen molar-refractivity contribution < 1.29 is 22.3 Å². The Morgan fingerprint density at radius 3 is 2.47 bits per heavy atom. The van der Waals surface area contributed by atoms with Gasteiger partial charge in [-0.3, -0.25) is 4.79 Å². The highest BCUT2D eigenvalue weighted by Gasteiger charge is 2.33. The van der Waals surface area contributed by atoms with Crippen molar-refractivity contribution in [3.8, 4) is 11.5 Å². The molecular weight excluding hydrogens is 455 g/mol. The molecule has 0 saturated carbocycles. The molecule has 0 aromatic heterocycles. The van der Waals surface area contributed by atoms with Crippen molar-refractivity contribution in [3.05, 3.63) is 82.6 Å². The summed E-state index contributed by atoms with van der Waals surface area (Å²) in [5.74, 6) is 0.103. The van der Waals surface area contributed by atoms with Crippen molar-refractivity contribution in [2.45, 2.75) is 24.2 Å². The van der Waals surface area contributed by atoms with Gasteiger partial charge in [0, 0.05) is 41.2 Å². The van der Waals surface area contributed by atoms with Gasteiger partial charge in [0.05, 0.1) is 4.90 Å². The fraction of sp³-hybridized carbons (Fsp3) is 0.174. The molecule has 0 unspecified atom stereocenters. The molecule has 9 heteroatoms. The smallest absolute Gasteiger partial charge is 0.238 e. The van der Waals surface area contributed by atoms with E-state index < -0.39 is 15.8 Å². The molecule has 0 radical (unpaired) electrons. The summed E-state index contributed by atoms with van der Waals surface area (Å²) in [5, 5.41) is 5.60. The summed E-state index contributed by atoms with van der Waals surface area (Å²) in [6.07, 6.45) is 0.233. The highest BCUT2D eigenvalue weighted by atomic mass is 35.5. The van der Waals surface area contributed by atoms with Crippen LogP contribution in [0.1, 0.15) is 23.5 Å². The van der Waals surface area contributed by atoms with E-state index in [-0.39, 0.29) is 23.1 Å². The van der Waals surface area contributed by atoms with Crippen LogP contribution in [-0.4, -0.2) is 20.9 Å². The molecule has 32 heavy (non-hydrogen) atoms. The first-order valence-electron chi connectivity index (χ1n) is 9.78. The van der Waals surface area contributed by atoms with Crippen molar-refractivity contribution in [1.82, 2.24) is 0 Å². The van der Waals surface area contributed by atoms with Crippen LogP contribution in [-0.2, 0) is 14.8 Å². The number of primary sulfonamides is 1. The number of anilines is 1. The fourth-order valence-electron chi connectivity index (χ4n) is 3.72. The molecule has 1 aliphatic rings. The van der Waals surface area contributed by atoms with Crippen LogP contribution in [0.4, 0.5) is 10.1 Å². The quantitative estimate of drug-likeness (QED) is 0.578. The Morgan fingerprint density at radius 2 is 1.78 bits per heavy atom. The standard InChI is InChI=1S/C23H20ClFN2O4S/c1-14-2-4-17(25)12-21(14)31-22-11-16(24)3-9-20(22)15-10-23(28)27(13-15)18-5-7-19(8-6-18)32(26,29)30/h2-9,11-12,15H,10,13H2,1H3,(H2,26,29,30)/t15-/m0/s1. The maximum atomic E-state index is 13.7. The van der Waals surface area contributed by atoms with Crippen LogP contribution in [0.25, 0.3) is 0 Å². The van der Waals surface area contributed by atoms with Crippen LogP contribution >= 0.6 is 11.6 Å². The zero-order chi connectivity index (χ0) is 23.0. The number of hydrogen-bond acceptors (Lipinski definition) is 4. The molecule has 1 heterocycles. The van der Waals surface area contributed by atoms with Gasteiger partial charge in [-0.1, -0.05) is 23.7 Å². The van der Waals surface area contributed by atoms with Crippen molar-refractivity contribution >= 4 is 33.2 Å². The molecule has 1 atom stereocenters. The van der Waals surface area contributed by atoms with Gasteiger partial charge in [0.25, 0.3) is 0 Å². The number of nitrogens with two attached hydrogens (primary N) is 1. The van der Waals surface area contributed by atoms with Gasteiger partial charge in [0.15, 0.2) is 0 Å². The Hall–Kier alpha value is -2.94. The number of carbonyl (C=O) groups is 1. The third-order valence-electron chi connectivity index (χ3n) is 5.39. The molecule has 1 fully saturated rings. The zero-order valence-electron chi connectivity index (χ0n) is 17.1. The maximum Gasteiger partial charge on any atom is 0.238 e. The van der Waals surface area contributed by atoms with E-state index in [0.29, 0.717) is 28.8 Å². The maximum absolute atomic E-state index is 13.7. The average Bonchev–Trinajstić information content (AvgIpc) is 3.11. The fourth-order valence-corrected chi connectivity index (χ4v) is 4.39. The van der Waals surface area contributed by atoms with Crippen molar-refractivity contribution in [3.63, 3.8) is 0 Å². The summed E-state index contributed by atoms with van der Waals surface area (Å²) in [6, 6.07) is 15.3. The Kier molecular flexibility index (Phi) is 5.94. The van der Waals surface area contributed by atoms with Gasteiger partial charge in [0.1, 0.15) is 17.3 Å². The number of aryl methyl sites for hydroxylation is 1. The van der Waals surface area contributed by atoms with E-state index in [1.807, 2.05) is 6.92 Å². The van der Waals surface area contributed by atoms with E-state index in [4.69, 9.17) is 21.5 Å². The van der Waals surface area contributed by atoms with Crippen LogP contribution in [0, 0.1) is 12.7 Å². The number of sulfonamides is 1. The first kappa shape index (κ1) is 22.3. The lowest BCUT2D eigenvalue weighted by Gasteiger charge is -2.19. The van der Waals surface area contributed by atoms with Gasteiger partial charge in [-0.05, 0) is 55.0 Å². The molecule has 1 amide bonds. The second-order valence-electron chi connectivity index (χ2n) is 7.64. The first-order chi connectivity index (χ1) is 15.1. The minimum absolute atomic E-state index is 0.0247. The number of hydrogen-bond donors (Lipinski definition) is 1. The molecule has 1 aliphatic heterocycles. The minimum atomic E-state index is -3.82. The Balaban J connectivity index is 1.62. The predicted octanol–water partition coefficient (Wildman–Crippen LogP) is 4.75.